The highest BCUT2D eigenvalue weighted by atomic mass is 35.5. The topological polar surface area (TPSA) is 26.3 Å². The molecule has 0 aliphatic rings. The maximum Gasteiger partial charge on any atom is 0.200 e. The predicted octanol–water partition coefficient (Wildman–Crippen LogP) is 4.05. The van der Waals surface area contributed by atoms with Crippen LogP contribution in [0.15, 0.2) is 42.5 Å². The van der Waals surface area contributed by atoms with Gasteiger partial charge in [0.2, 0.25) is 0 Å². The molecule has 2 aromatic rings. The second-order valence-corrected chi connectivity index (χ2v) is 4.59. The molecule has 0 atom stereocenters. The molecular formula is C15H12ClFO2. The maximum absolute atomic E-state index is 13.4. The number of halogens is 2. The first-order valence-electron chi connectivity index (χ1n) is 5.74. The third-order valence-electron chi connectivity index (χ3n) is 2.59. The van der Waals surface area contributed by atoms with E-state index in [2.05, 4.69) is 0 Å². The minimum Gasteiger partial charge on any atom is -0.482 e. The lowest BCUT2D eigenvalue weighted by Crippen LogP contribution is -2.12. The van der Waals surface area contributed by atoms with Crippen LogP contribution in [-0.2, 0) is 0 Å². The fourth-order valence-corrected chi connectivity index (χ4v) is 1.80. The number of carbonyl (C=O) groups excluding carboxylic acids is 1. The van der Waals surface area contributed by atoms with E-state index in [1.165, 1.54) is 6.07 Å². The second kappa shape index (κ2) is 5.85. The van der Waals surface area contributed by atoms with Crippen molar-refractivity contribution in [2.75, 3.05) is 6.61 Å². The third kappa shape index (κ3) is 3.55. The Hall–Kier alpha value is -1.87. The van der Waals surface area contributed by atoms with Crippen LogP contribution in [0.4, 0.5) is 4.39 Å². The number of Topliss-reactive ketones (excluding diaryl/α,β-unsaturated/α-hetero) is 1. The van der Waals surface area contributed by atoms with E-state index in [-0.39, 0.29) is 18.1 Å². The smallest absolute Gasteiger partial charge is 0.200 e. The molecule has 2 aromatic carbocycles. The highest BCUT2D eigenvalue weighted by Crippen LogP contribution is 2.19. The van der Waals surface area contributed by atoms with Crippen molar-refractivity contribution in [3.8, 4) is 5.75 Å². The summed E-state index contributed by atoms with van der Waals surface area (Å²) in [6.45, 7) is 1.60. The van der Waals surface area contributed by atoms with E-state index >= 15 is 0 Å². The molecule has 19 heavy (non-hydrogen) atoms. The van der Waals surface area contributed by atoms with Crippen LogP contribution in [0.2, 0.25) is 5.02 Å². The number of hydrogen-bond donors (Lipinski definition) is 0. The Bertz CT molecular complexity index is 611. The molecule has 0 saturated heterocycles. The van der Waals surface area contributed by atoms with Crippen LogP contribution >= 0.6 is 11.6 Å². The first-order chi connectivity index (χ1) is 9.06. The molecule has 0 spiro atoms. The highest BCUT2D eigenvalue weighted by molar-refractivity contribution is 6.31. The van der Waals surface area contributed by atoms with Crippen LogP contribution in [0.3, 0.4) is 0 Å². The van der Waals surface area contributed by atoms with E-state index in [0.717, 1.165) is 5.56 Å². The van der Waals surface area contributed by atoms with Gasteiger partial charge >= 0.3 is 0 Å². The van der Waals surface area contributed by atoms with Crippen LogP contribution in [0.1, 0.15) is 15.9 Å². The molecule has 0 aromatic heterocycles. The van der Waals surface area contributed by atoms with E-state index in [1.807, 2.05) is 6.92 Å². The van der Waals surface area contributed by atoms with Crippen molar-refractivity contribution < 1.29 is 13.9 Å². The Morgan fingerprint density at radius 2 is 2.05 bits per heavy atom. The minimum absolute atomic E-state index is 0.0791. The van der Waals surface area contributed by atoms with Gasteiger partial charge in [0.05, 0.1) is 0 Å². The number of benzene rings is 2. The molecule has 0 saturated carbocycles. The molecule has 0 N–H and O–H groups in total. The molecule has 4 heteroatoms. The van der Waals surface area contributed by atoms with Crippen molar-refractivity contribution in [2.24, 2.45) is 0 Å². The molecule has 0 fully saturated rings. The summed E-state index contributed by atoms with van der Waals surface area (Å²) in [5, 5.41) is 0.479. The van der Waals surface area contributed by atoms with Crippen LogP contribution in [0, 0.1) is 12.7 Å². The van der Waals surface area contributed by atoms with Crippen LogP contribution in [0.25, 0.3) is 0 Å². The summed E-state index contributed by atoms with van der Waals surface area (Å²) in [5.41, 5.74) is 1.31. The molecule has 2 nitrogen and oxygen atoms in total. The Balaban J connectivity index is 2.06. The normalized spacial score (nSPS) is 10.3. The third-order valence-corrected chi connectivity index (χ3v) is 2.83. The van der Waals surface area contributed by atoms with Crippen molar-refractivity contribution in [1.82, 2.24) is 0 Å². The lowest BCUT2D eigenvalue weighted by Gasteiger charge is -2.07. The fourth-order valence-electron chi connectivity index (χ4n) is 1.61. The summed E-state index contributed by atoms with van der Waals surface area (Å²) < 4.78 is 18.6. The molecule has 0 bridgehead atoms. The molecule has 0 heterocycles. The van der Waals surface area contributed by atoms with Gasteiger partial charge in [-0.15, -0.1) is 0 Å². The Morgan fingerprint density at radius 1 is 1.26 bits per heavy atom. The van der Waals surface area contributed by atoms with Crippen LogP contribution in [-0.4, -0.2) is 12.4 Å². The molecule has 0 aliphatic heterocycles. The second-order valence-electron chi connectivity index (χ2n) is 4.16. The fraction of sp³-hybridized carbons (Fsp3) is 0.133. The van der Waals surface area contributed by atoms with Gasteiger partial charge in [-0.3, -0.25) is 4.79 Å². The van der Waals surface area contributed by atoms with Gasteiger partial charge in [-0.05, 0) is 36.8 Å². The lowest BCUT2D eigenvalue weighted by molar-refractivity contribution is 0.0918. The SMILES string of the molecule is Cc1ccc(F)c(OCC(=O)c2cccc(Cl)c2)c1. The number of ketones is 1. The summed E-state index contributed by atoms with van der Waals surface area (Å²) in [5.74, 6) is -0.650. The quantitative estimate of drug-likeness (QED) is 0.789. The summed E-state index contributed by atoms with van der Waals surface area (Å²) in [4.78, 5) is 11.9. The summed E-state index contributed by atoms with van der Waals surface area (Å²) in [6.07, 6.45) is 0. The Morgan fingerprint density at radius 3 is 2.79 bits per heavy atom. The summed E-state index contributed by atoms with van der Waals surface area (Å²) >= 11 is 5.80. The van der Waals surface area contributed by atoms with E-state index < -0.39 is 5.82 Å². The van der Waals surface area contributed by atoms with Gasteiger partial charge < -0.3 is 4.74 Å². The zero-order valence-electron chi connectivity index (χ0n) is 10.3. The van der Waals surface area contributed by atoms with Gasteiger partial charge in [-0.25, -0.2) is 4.39 Å². The van der Waals surface area contributed by atoms with E-state index in [9.17, 15) is 9.18 Å². The van der Waals surface area contributed by atoms with Crippen molar-refractivity contribution >= 4 is 17.4 Å². The molecule has 0 unspecified atom stereocenters. The molecular weight excluding hydrogens is 267 g/mol. The highest BCUT2D eigenvalue weighted by Gasteiger charge is 2.09. The van der Waals surface area contributed by atoms with E-state index in [0.29, 0.717) is 10.6 Å². The standard InChI is InChI=1S/C15H12ClFO2/c1-10-5-6-13(17)15(7-10)19-9-14(18)11-3-2-4-12(16)8-11/h2-8H,9H2,1H3. The predicted molar refractivity (Wildman–Crippen MR) is 72.4 cm³/mol. The largest absolute Gasteiger partial charge is 0.482 e. The zero-order chi connectivity index (χ0) is 13.8. The van der Waals surface area contributed by atoms with Crippen molar-refractivity contribution in [3.63, 3.8) is 0 Å². The minimum atomic E-state index is -0.482. The monoisotopic (exact) mass is 278 g/mol. The molecule has 0 radical (unpaired) electrons. The maximum atomic E-state index is 13.4. The molecule has 2 rings (SSSR count). The van der Waals surface area contributed by atoms with Crippen molar-refractivity contribution in [3.05, 3.63) is 64.4 Å². The Kier molecular flexibility index (Phi) is 4.17. The van der Waals surface area contributed by atoms with Crippen LogP contribution in [0.5, 0.6) is 5.75 Å². The van der Waals surface area contributed by atoms with E-state index in [4.69, 9.17) is 16.3 Å². The Labute approximate surface area is 115 Å². The van der Waals surface area contributed by atoms with Gasteiger partial charge in [-0.1, -0.05) is 29.8 Å². The van der Waals surface area contributed by atoms with Gasteiger partial charge in [0.25, 0.3) is 0 Å². The molecule has 0 amide bonds. The first kappa shape index (κ1) is 13.6. The van der Waals surface area contributed by atoms with Gasteiger partial charge in [0.15, 0.2) is 24.0 Å². The van der Waals surface area contributed by atoms with Crippen molar-refractivity contribution in [2.45, 2.75) is 6.92 Å². The average molecular weight is 279 g/mol. The number of carbonyl (C=O) groups is 1. The average Bonchev–Trinajstić information content (AvgIpc) is 2.39. The summed E-state index contributed by atoms with van der Waals surface area (Å²) in [6, 6.07) is 11.1. The van der Waals surface area contributed by atoms with Gasteiger partial charge in [0, 0.05) is 10.6 Å². The zero-order valence-corrected chi connectivity index (χ0v) is 11.1. The van der Waals surface area contributed by atoms with Crippen molar-refractivity contribution in [1.29, 1.82) is 0 Å². The van der Waals surface area contributed by atoms with Gasteiger partial charge in [0.1, 0.15) is 0 Å². The van der Waals surface area contributed by atoms with Crippen LogP contribution < -0.4 is 4.74 Å². The first-order valence-corrected chi connectivity index (χ1v) is 6.12. The number of rotatable bonds is 4. The molecule has 0 aliphatic carbocycles. The number of aryl methyl sites for hydroxylation is 1. The van der Waals surface area contributed by atoms with Gasteiger partial charge in [-0.2, -0.15) is 0 Å². The molecule has 98 valence electrons. The summed E-state index contributed by atoms with van der Waals surface area (Å²) in [7, 11) is 0. The van der Waals surface area contributed by atoms with E-state index in [1.54, 1.807) is 36.4 Å². The number of ether oxygens (including phenoxy) is 1. The number of hydrogen-bond acceptors (Lipinski definition) is 2. The lowest BCUT2D eigenvalue weighted by atomic mass is 10.1.